The van der Waals surface area contributed by atoms with Gasteiger partial charge in [0.05, 0.1) is 0 Å². The topological polar surface area (TPSA) is 73.9 Å². The third kappa shape index (κ3) is 3.87. The van der Waals surface area contributed by atoms with Crippen molar-refractivity contribution in [3.05, 3.63) is 53.3 Å². The summed E-state index contributed by atoms with van der Waals surface area (Å²) < 4.78 is 0. The Morgan fingerprint density at radius 2 is 2.17 bits per heavy atom. The highest BCUT2D eigenvalue weighted by molar-refractivity contribution is 7.21. The van der Waals surface area contributed by atoms with E-state index in [0.29, 0.717) is 6.54 Å². The van der Waals surface area contributed by atoms with Crippen molar-refractivity contribution >= 4 is 55.2 Å². The molecule has 0 atom stereocenters. The summed E-state index contributed by atoms with van der Waals surface area (Å²) in [5, 5.41) is 5.97. The Kier molecular flexibility index (Phi) is 5.31. The number of carbonyl (C=O) groups excluding carboxylic acids is 1. The molecule has 0 spiro atoms. The number of nitrogens with zero attached hydrogens (tertiary/aromatic N) is 3. The molecule has 8 heteroatoms. The Labute approximate surface area is 183 Å². The van der Waals surface area contributed by atoms with Crippen LogP contribution in [0.15, 0.2) is 42.7 Å². The van der Waals surface area contributed by atoms with Gasteiger partial charge in [0.15, 0.2) is 5.13 Å². The Morgan fingerprint density at radius 1 is 1.30 bits per heavy atom. The van der Waals surface area contributed by atoms with Crippen molar-refractivity contribution in [1.82, 2.24) is 20.3 Å². The largest absolute Gasteiger partial charge is 0.361 e. The monoisotopic (exact) mass is 439 g/mol. The summed E-state index contributed by atoms with van der Waals surface area (Å²) in [5.74, 6) is 0.213. The van der Waals surface area contributed by atoms with Gasteiger partial charge in [0.2, 0.25) is 5.91 Å². The van der Waals surface area contributed by atoms with E-state index in [1.807, 2.05) is 36.5 Å². The average Bonchev–Trinajstić information content (AvgIpc) is 3.38. The number of hydrogen-bond donors (Lipinski definition) is 2. The third-order valence-electron chi connectivity index (χ3n) is 5.71. The molecule has 1 aromatic carbocycles. The van der Waals surface area contributed by atoms with Crippen LogP contribution in [0, 0.1) is 5.92 Å². The number of aromatic amines is 1. The Morgan fingerprint density at radius 3 is 3.00 bits per heavy atom. The lowest BCUT2D eigenvalue weighted by molar-refractivity contribution is -0.125. The third-order valence-corrected chi connectivity index (χ3v) is 6.99. The molecule has 4 heterocycles. The van der Waals surface area contributed by atoms with E-state index < -0.39 is 0 Å². The summed E-state index contributed by atoms with van der Waals surface area (Å²) in [4.78, 5) is 28.2. The van der Waals surface area contributed by atoms with E-state index in [9.17, 15) is 4.79 Å². The number of hydrogen-bond acceptors (Lipinski definition) is 5. The van der Waals surface area contributed by atoms with Gasteiger partial charge in [0.25, 0.3) is 0 Å². The zero-order valence-corrected chi connectivity index (χ0v) is 18.0. The highest BCUT2D eigenvalue weighted by atomic mass is 35.5. The number of halogens is 1. The van der Waals surface area contributed by atoms with Crippen LogP contribution < -0.4 is 10.2 Å². The first-order chi connectivity index (χ1) is 14.7. The number of rotatable bonds is 5. The molecular weight excluding hydrogens is 418 g/mol. The molecule has 6 nitrogen and oxygen atoms in total. The van der Waals surface area contributed by atoms with E-state index in [4.69, 9.17) is 11.6 Å². The first kappa shape index (κ1) is 19.3. The molecule has 0 bridgehead atoms. The quantitative estimate of drug-likeness (QED) is 0.483. The first-order valence-electron chi connectivity index (χ1n) is 10.2. The lowest BCUT2D eigenvalue weighted by Gasteiger charge is -2.31. The molecule has 0 aliphatic carbocycles. The summed E-state index contributed by atoms with van der Waals surface area (Å²) in [6.45, 7) is 2.32. The van der Waals surface area contributed by atoms with Gasteiger partial charge in [-0.15, -0.1) is 0 Å². The van der Waals surface area contributed by atoms with Crippen molar-refractivity contribution in [1.29, 1.82) is 0 Å². The fraction of sp³-hybridized carbons (Fsp3) is 0.318. The van der Waals surface area contributed by atoms with Gasteiger partial charge in [-0.3, -0.25) is 4.79 Å². The molecule has 1 amide bonds. The van der Waals surface area contributed by atoms with E-state index in [1.54, 1.807) is 17.5 Å². The molecule has 2 N–H and O–H groups in total. The number of pyridine rings is 1. The number of amides is 1. The standard InChI is InChI=1S/C22H22ClN5OS/c23-16-3-4-18-17(12-16)15(13-26-18)5-9-24-20(29)14-6-10-28(11-7-14)22-27-19-2-1-8-25-21(19)30-22/h1-4,8,12-14,26H,5-7,9-11H2,(H,24,29). The maximum absolute atomic E-state index is 12.6. The van der Waals surface area contributed by atoms with E-state index in [1.165, 1.54) is 5.56 Å². The van der Waals surface area contributed by atoms with Gasteiger partial charge in [-0.1, -0.05) is 22.9 Å². The molecule has 1 aliphatic rings. The van der Waals surface area contributed by atoms with Gasteiger partial charge in [-0.2, -0.15) is 0 Å². The number of fused-ring (bicyclic) bond motifs is 2. The van der Waals surface area contributed by atoms with Gasteiger partial charge in [0.1, 0.15) is 10.3 Å². The lowest BCUT2D eigenvalue weighted by atomic mass is 9.96. The molecule has 5 rings (SSSR count). The molecule has 0 radical (unpaired) electrons. The van der Waals surface area contributed by atoms with Crippen molar-refractivity contribution in [2.24, 2.45) is 5.92 Å². The van der Waals surface area contributed by atoms with Gasteiger partial charge >= 0.3 is 0 Å². The highest BCUT2D eigenvalue weighted by Gasteiger charge is 2.26. The van der Waals surface area contributed by atoms with Crippen molar-refractivity contribution in [3.8, 4) is 0 Å². The van der Waals surface area contributed by atoms with Crippen LogP contribution in [0.3, 0.4) is 0 Å². The van der Waals surface area contributed by atoms with Crippen molar-refractivity contribution in [3.63, 3.8) is 0 Å². The zero-order valence-electron chi connectivity index (χ0n) is 16.4. The maximum atomic E-state index is 12.6. The molecule has 154 valence electrons. The number of benzene rings is 1. The smallest absolute Gasteiger partial charge is 0.223 e. The van der Waals surface area contributed by atoms with E-state index >= 15 is 0 Å². The molecule has 30 heavy (non-hydrogen) atoms. The molecule has 1 saturated heterocycles. The Balaban J connectivity index is 1.13. The second-order valence-corrected chi connectivity index (χ2v) is 9.02. The molecule has 1 aliphatic heterocycles. The number of aromatic nitrogens is 3. The van der Waals surface area contributed by atoms with Crippen LogP contribution in [-0.4, -0.2) is 40.5 Å². The first-order valence-corrected chi connectivity index (χ1v) is 11.4. The number of piperidine rings is 1. The van der Waals surface area contributed by atoms with Crippen LogP contribution in [0.5, 0.6) is 0 Å². The lowest BCUT2D eigenvalue weighted by Crippen LogP contribution is -2.41. The number of nitrogens with one attached hydrogen (secondary N) is 2. The van der Waals surface area contributed by atoms with Gasteiger partial charge < -0.3 is 15.2 Å². The van der Waals surface area contributed by atoms with Crippen molar-refractivity contribution in [2.75, 3.05) is 24.5 Å². The van der Waals surface area contributed by atoms with Gasteiger partial charge in [-0.25, -0.2) is 9.97 Å². The second kappa shape index (κ2) is 8.24. The molecule has 1 fully saturated rings. The van der Waals surface area contributed by atoms with Crippen LogP contribution >= 0.6 is 22.9 Å². The molecule has 4 aromatic rings. The van der Waals surface area contributed by atoms with Gasteiger partial charge in [-0.05, 0) is 55.2 Å². The Bertz CT molecular complexity index is 1160. The minimum atomic E-state index is 0.0613. The van der Waals surface area contributed by atoms with Crippen molar-refractivity contribution in [2.45, 2.75) is 19.3 Å². The molecule has 3 aromatic heterocycles. The fourth-order valence-corrected chi connectivity index (χ4v) is 5.18. The van der Waals surface area contributed by atoms with Crippen LogP contribution in [0.4, 0.5) is 5.13 Å². The van der Waals surface area contributed by atoms with E-state index in [2.05, 4.69) is 25.2 Å². The summed E-state index contributed by atoms with van der Waals surface area (Å²) >= 11 is 7.74. The SMILES string of the molecule is O=C(NCCc1c[nH]c2ccc(Cl)cc12)C1CCN(c2nc3cccnc3s2)CC1. The van der Waals surface area contributed by atoms with Crippen LogP contribution in [0.1, 0.15) is 18.4 Å². The summed E-state index contributed by atoms with van der Waals surface area (Å²) in [5.41, 5.74) is 3.18. The predicted octanol–water partition coefficient (Wildman–Crippen LogP) is 4.40. The minimum absolute atomic E-state index is 0.0613. The van der Waals surface area contributed by atoms with Crippen molar-refractivity contribution < 1.29 is 4.79 Å². The summed E-state index contributed by atoms with van der Waals surface area (Å²) in [7, 11) is 0. The number of thiazole rings is 1. The fourth-order valence-electron chi connectivity index (χ4n) is 4.05. The number of H-pyrrole nitrogens is 1. The van der Waals surface area contributed by atoms with Crippen LogP contribution in [-0.2, 0) is 11.2 Å². The number of anilines is 1. The maximum Gasteiger partial charge on any atom is 0.223 e. The minimum Gasteiger partial charge on any atom is -0.361 e. The average molecular weight is 440 g/mol. The van der Waals surface area contributed by atoms with Gasteiger partial charge in [0, 0.05) is 53.9 Å². The zero-order chi connectivity index (χ0) is 20.5. The van der Waals surface area contributed by atoms with Crippen LogP contribution in [0.25, 0.3) is 21.3 Å². The Hall–Kier alpha value is -2.64. The summed E-state index contributed by atoms with van der Waals surface area (Å²) in [6.07, 6.45) is 6.27. The summed E-state index contributed by atoms with van der Waals surface area (Å²) in [6, 6.07) is 9.73. The highest BCUT2D eigenvalue weighted by Crippen LogP contribution is 2.30. The molecule has 0 unspecified atom stereocenters. The molecule has 0 saturated carbocycles. The normalized spacial score (nSPS) is 15.2. The molecular formula is C22H22ClN5OS. The number of carbonyl (C=O) groups is 1. The van der Waals surface area contributed by atoms with E-state index in [-0.39, 0.29) is 11.8 Å². The van der Waals surface area contributed by atoms with E-state index in [0.717, 1.165) is 63.8 Å². The second-order valence-electron chi connectivity index (χ2n) is 7.63. The van der Waals surface area contributed by atoms with Crippen LogP contribution in [0.2, 0.25) is 5.02 Å². The predicted molar refractivity (Wildman–Crippen MR) is 122 cm³/mol.